The van der Waals surface area contributed by atoms with Crippen molar-refractivity contribution in [1.82, 2.24) is 4.98 Å². The zero-order chi connectivity index (χ0) is 17.2. The van der Waals surface area contributed by atoms with Crippen LogP contribution in [0.2, 0.25) is 0 Å². The van der Waals surface area contributed by atoms with Crippen LogP contribution in [0.15, 0.2) is 42.6 Å². The van der Waals surface area contributed by atoms with Gasteiger partial charge in [0.2, 0.25) is 0 Å². The van der Waals surface area contributed by atoms with Crippen LogP contribution in [0.3, 0.4) is 0 Å². The lowest BCUT2D eigenvalue weighted by molar-refractivity contribution is 0.163. The third-order valence-corrected chi connectivity index (χ3v) is 3.97. The fourth-order valence-electron chi connectivity index (χ4n) is 2.55. The molecule has 1 heterocycles. The second-order valence-electron chi connectivity index (χ2n) is 5.85. The van der Waals surface area contributed by atoms with Crippen molar-refractivity contribution in [3.05, 3.63) is 53.9 Å². The maximum Gasteiger partial charge on any atom is 0.161 e. The van der Waals surface area contributed by atoms with Gasteiger partial charge in [0.05, 0.1) is 25.5 Å². The maximum atomic E-state index is 10.2. The molecule has 0 aliphatic carbocycles. The number of aliphatic hydroxyl groups is 1. The zero-order valence-electron chi connectivity index (χ0n) is 14.6. The molecule has 130 valence electrons. The Bertz CT molecular complexity index is 601. The first-order chi connectivity index (χ1) is 11.7. The molecule has 24 heavy (non-hydrogen) atoms. The standard InChI is InChI=1S/C20H27NO3/c1-3-4-7-14-24-19-12-10-16(15-20(19)23-2)9-11-18(22)17-8-5-6-13-21-17/h5-6,8,10,12-13,15,18,22H,3-4,7,9,11,14H2,1-2H3. The molecule has 0 amide bonds. The minimum atomic E-state index is -0.554. The summed E-state index contributed by atoms with van der Waals surface area (Å²) in [5.41, 5.74) is 1.82. The minimum absolute atomic E-state index is 0.554. The Morgan fingerprint density at radius 2 is 2.00 bits per heavy atom. The summed E-state index contributed by atoms with van der Waals surface area (Å²) in [5.74, 6) is 1.53. The highest BCUT2D eigenvalue weighted by Gasteiger charge is 2.10. The summed E-state index contributed by atoms with van der Waals surface area (Å²) < 4.78 is 11.2. The van der Waals surface area contributed by atoms with Crippen molar-refractivity contribution in [1.29, 1.82) is 0 Å². The number of pyridine rings is 1. The van der Waals surface area contributed by atoms with Gasteiger partial charge in [0.1, 0.15) is 0 Å². The molecule has 2 aromatic rings. The molecular weight excluding hydrogens is 302 g/mol. The SMILES string of the molecule is CCCCCOc1ccc(CCC(O)c2ccccn2)cc1OC. The summed E-state index contributed by atoms with van der Waals surface area (Å²) in [4.78, 5) is 4.19. The van der Waals surface area contributed by atoms with E-state index in [1.54, 1.807) is 13.3 Å². The topological polar surface area (TPSA) is 51.6 Å². The third-order valence-electron chi connectivity index (χ3n) is 3.97. The molecular formula is C20H27NO3. The van der Waals surface area contributed by atoms with Crippen LogP contribution in [0.25, 0.3) is 0 Å². The molecule has 4 nitrogen and oxygen atoms in total. The zero-order valence-corrected chi connectivity index (χ0v) is 14.6. The van der Waals surface area contributed by atoms with Crippen molar-refractivity contribution < 1.29 is 14.6 Å². The molecule has 0 saturated carbocycles. The van der Waals surface area contributed by atoms with E-state index in [0.29, 0.717) is 18.7 Å². The fourth-order valence-corrected chi connectivity index (χ4v) is 2.55. The Labute approximate surface area is 144 Å². The predicted molar refractivity (Wildman–Crippen MR) is 95.5 cm³/mol. The Morgan fingerprint density at radius 3 is 2.71 bits per heavy atom. The predicted octanol–water partition coefficient (Wildman–Crippen LogP) is 4.33. The van der Waals surface area contributed by atoms with E-state index in [2.05, 4.69) is 11.9 Å². The Hall–Kier alpha value is -2.07. The van der Waals surface area contributed by atoms with E-state index in [1.807, 2.05) is 36.4 Å². The van der Waals surface area contributed by atoms with Gasteiger partial charge in [-0.15, -0.1) is 0 Å². The molecule has 1 unspecified atom stereocenters. The van der Waals surface area contributed by atoms with E-state index in [9.17, 15) is 5.11 Å². The van der Waals surface area contributed by atoms with Gasteiger partial charge >= 0.3 is 0 Å². The van der Waals surface area contributed by atoms with Crippen LogP contribution in [0, 0.1) is 0 Å². The van der Waals surface area contributed by atoms with E-state index < -0.39 is 6.10 Å². The van der Waals surface area contributed by atoms with Gasteiger partial charge in [0.25, 0.3) is 0 Å². The number of methoxy groups -OCH3 is 1. The van der Waals surface area contributed by atoms with E-state index in [-0.39, 0.29) is 0 Å². The van der Waals surface area contributed by atoms with Crippen molar-refractivity contribution in [3.8, 4) is 11.5 Å². The number of benzene rings is 1. The summed E-state index contributed by atoms with van der Waals surface area (Å²) in [6, 6.07) is 11.6. The van der Waals surface area contributed by atoms with Crippen LogP contribution in [0.5, 0.6) is 11.5 Å². The van der Waals surface area contributed by atoms with Gasteiger partial charge in [-0.2, -0.15) is 0 Å². The van der Waals surface area contributed by atoms with Gasteiger partial charge in [-0.05, 0) is 49.1 Å². The smallest absolute Gasteiger partial charge is 0.161 e. The Morgan fingerprint density at radius 1 is 1.12 bits per heavy atom. The molecule has 0 radical (unpaired) electrons. The maximum absolute atomic E-state index is 10.2. The van der Waals surface area contributed by atoms with E-state index in [1.165, 1.54) is 12.8 Å². The van der Waals surface area contributed by atoms with Crippen LogP contribution in [-0.4, -0.2) is 23.8 Å². The average molecular weight is 329 g/mol. The highest BCUT2D eigenvalue weighted by atomic mass is 16.5. The molecule has 0 aliphatic heterocycles. The van der Waals surface area contributed by atoms with E-state index in [0.717, 1.165) is 29.9 Å². The lowest BCUT2D eigenvalue weighted by atomic mass is 10.0. The molecule has 0 saturated heterocycles. The lowest BCUT2D eigenvalue weighted by Gasteiger charge is -2.13. The Balaban J connectivity index is 1.91. The minimum Gasteiger partial charge on any atom is -0.493 e. The highest BCUT2D eigenvalue weighted by molar-refractivity contribution is 5.43. The second-order valence-corrected chi connectivity index (χ2v) is 5.85. The summed E-state index contributed by atoms with van der Waals surface area (Å²) in [7, 11) is 1.65. The quantitative estimate of drug-likeness (QED) is 0.659. The molecule has 0 bridgehead atoms. The molecule has 0 spiro atoms. The molecule has 1 aromatic carbocycles. The highest BCUT2D eigenvalue weighted by Crippen LogP contribution is 2.29. The number of unbranched alkanes of at least 4 members (excludes halogenated alkanes) is 2. The molecule has 4 heteroatoms. The first-order valence-electron chi connectivity index (χ1n) is 8.63. The van der Waals surface area contributed by atoms with Crippen molar-refractivity contribution in [3.63, 3.8) is 0 Å². The molecule has 0 fully saturated rings. The van der Waals surface area contributed by atoms with Crippen molar-refractivity contribution in [2.24, 2.45) is 0 Å². The van der Waals surface area contributed by atoms with Crippen LogP contribution in [-0.2, 0) is 6.42 Å². The number of hydrogen-bond acceptors (Lipinski definition) is 4. The first-order valence-corrected chi connectivity index (χ1v) is 8.63. The van der Waals surface area contributed by atoms with Gasteiger partial charge in [-0.3, -0.25) is 4.98 Å². The van der Waals surface area contributed by atoms with Gasteiger partial charge in [-0.25, -0.2) is 0 Å². The molecule has 1 atom stereocenters. The number of rotatable bonds is 10. The molecule has 1 aromatic heterocycles. The summed E-state index contributed by atoms with van der Waals surface area (Å²) >= 11 is 0. The van der Waals surface area contributed by atoms with Crippen molar-refractivity contribution >= 4 is 0 Å². The second kappa shape index (κ2) is 9.93. The summed E-state index contributed by atoms with van der Waals surface area (Å²) in [5, 5.41) is 10.2. The van der Waals surface area contributed by atoms with Crippen molar-refractivity contribution in [2.45, 2.75) is 45.1 Å². The van der Waals surface area contributed by atoms with Gasteiger partial charge in [-0.1, -0.05) is 31.9 Å². The Kier molecular flexibility index (Phi) is 7.56. The van der Waals surface area contributed by atoms with Crippen LogP contribution >= 0.6 is 0 Å². The first kappa shape index (κ1) is 18.3. The molecule has 2 rings (SSSR count). The molecule has 0 aliphatic rings. The summed E-state index contributed by atoms with van der Waals surface area (Å²) in [6.07, 6.45) is 5.93. The number of hydrogen-bond donors (Lipinski definition) is 1. The third kappa shape index (κ3) is 5.53. The van der Waals surface area contributed by atoms with Gasteiger partial charge in [0, 0.05) is 6.20 Å². The number of nitrogens with zero attached hydrogens (tertiary/aromatic N) is 1. The van der Waals surface area contributed by atoms with Crippen LogP contribution < -0.4 is 9.47 Å². The van der Waals surface area contributed by atoms with Crippen LogP contribution in [0.4, 0.5) is 0 Å². The van der Waals surface area contributed by atoms with E-state index in [4.69, 9.17) is 9.47 Å². The lowest BCUT2D eigenvalue weighted by Crippen LogP contribution is -2.03. The summed E-state index contributed by atoms with van der Waals surface area (Å²) in [6.45, 7) is 2.89. The normalized spacial score (nSPS) is 12.0. The number of aromatic nitrogens is 1. The van der Waals surface area contributed by atoms with E-state index >= 15 is 0 Å². The van der Waals surface area contributed by atoms with Crippen molar-refractivity contribution in [2.75, 3.05) is 13.7 Å². The monoisotopic (exact) mass is 329 g/mol. The number of aryl methyl sites for hydroxylation is 1. The average Bonchev–Trinajstić information content (AvgIpc) is 2.64. The number of aliphatic hydroxyl groups excluding tert-OH is 1. The number of ether oxygens (including phenoxy) is 2. The van der Waals surface area contributed by atoms with Gasteiger partial charge in [0.15, 0.2) is 11.5 Å². The van der Waals surface area contributed by atoms with Crippen LogP contribution in [0.1, 0.15) is 50.0 Å². The van der Waals surface area contributed by atoms with Gasteiger partial charge < -0.3 is 14.6 Å². The fraction of sp³-hybridized carbons (Fsp3) is 0.450. The molecule has 1 N–H and O–H groups in total. The largest absolute Gasteiger partial charge is 0.493 e.